The highest BCUT2D eigenvalue weighted by Crippen LogP contribution is 2.27. The third-order valence-corrected chi connectivity index (χ3v) is 3.60. The average Bonchev–Trinajstić information content (AvgIpc) is 2.89. The Morgan fingerprint density at radius 3 is 2.74 bits per heavy atom. The highest BCUT2D eigenvalue weighted by atomic mass is 32.2. The smallest absolute Gasteiger partial charge is 0.252 e. The summed E-state index contributed by atoms with van der Waals surface area (Å²) in [6.45, 7) is 0. The lowest BCUT2D eigenvalue weighted by Gasteiger charge is -2.05. The fourth-order valence-electron chi connectivity index (χ4n) is 1.72. The van der Waals surface area contributed by atoms with Crippen molar-refractivity contribution in [1.82, 2.24) is 14.6 Å². The van der Waals surface area contributed by atoms with Gasteiger partial charge in [-0.05, 0) is 24.3 Å². The van der Waals surface area contributed by atoms with Crippen molar-refractivity contribution >= 4 is 23.3 Å². The lowest BCUT2D eigenvalue weighted by molar-refractivity contribution is 0.100. The minimum Gasteiger partial charge on any atom is -0.365 e. The number of primary amides is 1. The average molecular weight is 269 g/mol. The van der Waals surface area contributed by atoms with Crippen LogP contribution >= 0.6 is 11.8 Å². The number of hydrogen-bond donors (Lipinski definition) is 1. The number of nitrogens with zero attached hydrogens (tertiary/aromatic N) is 3. The largest absolute Gasteiger partial charge is 0.365 e. The maximum atomic E-state index is 11.3. The van der Waals surface area contributed by atoms with Crippen LogP contribution in [0.1, 0.15) is 10.4 Å². The zero-order chi connectivity index (χ0) is 13.2. The first-order chi connectivity index (χ1) is 9.25. The van der Waals surface area contributed by atoms with Crippen LogP contribution < -0.4 is 5.73 Å². The van der Waals surface area contributed by atoms with E-state index in [1.54, 1.807) is 16.6 Å². The molecule has 19 heavy (non-hydrogen) atoms. The molecule has 0 unspecified atom stereocenters. The molecule has 6 heteroatoms. The Bertz CT molecular complexity index is 739. The van der Waals surface area contributed by atoms with Crippen molar-refractivity contribution in [3.8, 4) is 0 Å². The number of benzene rings is 1. The molecule has 0 bridgehead atoms. The second-order valence-corrected chi connectivity index (χ2v) is 4.91. The van der Waals surface area contributed by atoms with E-state index in [4.69, 9.17) is 5.73 Å². The summed E-state index contributed by atoms with van der Waals surface area (Å²) in [6, 6.07) is 13.3. The van der Waals surface area contributed by atoms with Gasteiger partial charge in [0.2, 0.25) is 6.33 Å². The van der Waals surface area contributed by atoms with Crippen molar-refractivity contribution in [1.29, 1.82) is 0 Å². The van der Waals surface area contributed by atoms with Gasteiger partial charge in [0.25, 0.3) is 5.91 Å². The zero-order valence-electron chi connectivity index (χ0n) is 9.78. The van der Waals surface area contributed by atoms with Gasteiger partial charge in [-0.3, -0.25) is 4.79 Å². The molecule has 0 saturated heterocycles. The van der Waals surface area contributed by atoms with E-state index in [-0.39, 0.29) is 0 Å². The number of carbonyl (C=O) groups is 1. The molecule has 0 atom stereocenters. The first-order valence-corrected chi connectivity index (χ1v) is 6.36. The molecule has 1 aromatic carbocycles. The van der Waals surface area contributed by atoms with Crippen LogP contribution in [0.15, 0.2) is 52.4 Å². The minimum atomic E-state index is -0.525. The van der Waals surface area contributed by atoms with Gasteiger partial charge in [0.05, 0.1) is 5.56 Å². The summed E-state index contributed by atoms with van der Waals surface area (Å²) < 4.78 is 1.57. The van der Waals surface area contributed by atoms with Crippen LogP contribution in [-0.2, 0) is 0 Å². The molecule has 2 aromatic heterocycles. The predicted molar refractivity (Wildman–Crippen MR) is 70.9 cm³/mol. The van der Waals surface area contributed by atoms with Gasteiger partial charge >= 0.3 is 0 Å². The molecule has 2 heterocycles. The molecule has 1 radical (unpaired) electrons. The second kappa shape index (κ2) is 4.74. The van der Waals surface area contributed by atoms with Gasteiger partial charge < -0.3 is 5.73 Å². The summed E-state index contributed by atoms with van der Waals surface area (Å²) in [5.41, 5.74) is 6.06. The van der Waals surface area contributed by atoms with Gasteiger partial charge in [0.15, 0.2) is 5.65 Å². The Labute approximate surface area is 113 Å². The standard InChI is InChI=1S/C13H9N4OS/c14-12(18)10-6-7-11(17-13(10)15-8-16-17)19-9-4-2-1-3-5-9/h1-7H,(H2,14,18). The van der Waals surface area contributed by atoms with Gasteiger partial charge in [-0.25, -0.2) is 9.50 Å². The van der Waals surface area contributed by atoms with Crippen LogP contribution in [0.4, 0.5) is 0 Å². The van der Waals surface area contributed by atoms with Crippen LogP contribution in [-0.4, -0.2) is 20.5 Å². The van der Waals surface area contributed by atoms with Crippen LogP contribution in [0, 0.1) is 6.33 Å². The van der Waals surface area contributed by atoms with Crippen molar-refractivity contribution in [3.63, 3.8) is 0 Å². The maximum Gasteiger partial charge on any atom is 0.252 e. The molecule has 0 aliphatic heterocycles. The number of hydrogen-bond acceptors (Lipinski definition) is 4. The summed E-state index contributed by atoms with van der Waals surface area (Å²) >= 11 is 1.53. The second-order valence-electron chi connectivity index (χ2n) is 3.81. The van der Waals surface area contributed by atoms with E-state index >= 15 is 0 Å². The lowest BCUT2D eigenvalue weighted by Crippen LogP contribution is -2.13. The molecule has 3 aromatic rings. The van der Waals surface area contributed by atoms with Crippen molar-refractivity contribution in [2.24, 2.45) is 5.73 Å². The monoisotopic (exact) mass is 269 g/mol. The summed E-state index contributed by atoms with van der Waals surface area (Å²) in [6.07, 6.45) is 2.50. The number of nitrogens with two attached hydrogens (primary N) is 1. The molecular weight excluding hydrogens is 260 g/mol. The minimum absolute atomic E-state index is 0.339. The summed E-state index contributed by atoms with van der Waals surface area (Å²) in [4.78, 5) is 16.3. The first kappa shape index (κ1) is 11.7. The van der Waals surface area contributed by atoms with Gasteiger partial charge in [-0.1, -0.05) is 30.0 Å². The molecule has 0 fully saturated rings. The van der Waals surface area contributed by atoms with Gasteiger partial charge in [0, 0.05) is 4.90 Å². The van der Waals surface area contributed by atoms with E-state index in [9.17, 15) is 4.79 Å². The Kier molecular flexibility index (Phi) is 2.92. The molecule has 3 rings (SSSR count). The van der Waals surface area contributed by atoms with Gasteiger partial charge in [0.1, 0.15) is 5.03 Å². The van der Waals surface area contributed by atoms with Crippen LogP contribution in [0.3, 0.4) is 0 Å². The number of rotatable bonds is 3. The van der Waals surface area contributed by atoms with Gasteiger partial charge in [-0.15, -0.1) is 5.10 Å². The highest BCUT2D eigenvalue weighted by Gasteiger charge is 2.12. The Morgan fingerprint density at radius 2 is 2.00 bits per heavy atom. The maximum absolute atomic E-state index is 11.3. The fraction of sp³-hybridized carbons (Fsp3) is 0. The normalized spacial score (nSPS) is 10.7. The van der Waals surface area contributed by atoms with Crippen LogP contribution in [0.5, 0.6) is 0 Å². The zero-order valence-corrected chi connectivity index (χ0v) is 10.6. The third kappa shape index (κ3) is 2.17. The molecule has 1 amide bonds. The van der Waals surface area contributed by atoms with E-state index < -0.39 is 5.91 Å². The van der Waals surface area contributed by atoms with E-state index in [0.29, 0.717) is 11.2 Å². The van der Waals surface area contributed by atoms with Crippen LogP contribution in [0.2, 0.25) is 0 Å². The van der Waals surface area contributed by atoms with E-state index in [0.717, 1.165) is 9.92 Å². The predicted octanol–water partition coefficient (Wildman–Crippen LogP) is 1.78. The molecule has 2 N–H and O–H groups in total. The molecule has 0 aliphatic rings. The molecule has 5 nitrogen and oxygen atoms in total. The molecule has 93 valence electrons. The number of carbonyl (C=O) groups excluding carboxylic acids is 1. The molecule has 0 saturated carbocycles. The number of pyridine rings is 1. The quantitative estimate of drug-likeness (QED) is 0.786. The summed E-state index contributed by atoms with van der Waals surface area (Å²) in [5.74, 6) is -0.525. The molecular formula is C13H9N4OS. The third-order valence-electron chi connectivity index (χ3n) is 2.57. The van der Waals surface area contributed by atoms with E-state index in [2.05, 4.69) is 16.4 Å². The number of fused-ring (bicyclic) bond motifs is 1. The Morgan fingerprint density at radius 1 is 1.21 bits per heavy atom. The molecule has 0 spiro atoms. The van der Waals surface area contributed by atoms with Crippen LogP contribution in [0.25, 0.3) is 5.65 Å². The van der Waals surface area contributed by atoms with E-state index in [1.807, 2.05) is 30.3 Å². The molecule has 0 aliphatic carbocycles. The van der Waals surface area contributed by atoms with Crippen molar-refractivity contribution in [3.05, 3.63) is 54.4 Å². The Hall–Kier alpha value is -2.34. The van der Waals surface area contributed by atoms with E-state index in [1.165, 1.54) is 11.8 Å². The lowest BCUT2D eigenvalue weighted by atomic mass is 10.2. The highest BCUT2D eigenvalue weighted by molar-refractivity contribution is 7.99. The SMILES string of the molecule is NC(=O)c1ccc(Sc2ccccc2)n2n[c]nc12. The topological polar surface area (TPSA) is 73.3 Å². The van der Waals surface area contributed by atoms with Crippen molar-refractivity contribution in [2.45, 2.75) is 9.92 Å². The van der Waals surface area contributed by atoms with Crippen molar-refractivity contribution < 1.29 is 4.79 Å². The fourth-order valence-corrected chi connectivity index (χ4v) is 2.60. The number of amides is 1. The summed E-state index contributed by atoms with van der Waals surface area (Å²) in [7, 11) is 0. The van der Waals surface area contributed by atoms with Gasteiger partial charge in [-0.2, -0.15) is 0 Å². The Balaban J connectivity index is 2.08. The first-order valence-electron chi connectivity index (χ1n) is 5.54. The van der Waals surface area contributed by atoms with Crippen molar-refractivity contribution in [2.75, 3.05) is 0 Å². The summed E-state index contributed by atoms with van der Waals surface area (Å²) in [5, 5.41) is 4.86. The number of aromatic nitrogens is 3.